The van der Waals surface area contributed by atoms with Crippen LogP contribution < -0.4 is 5.32 Å². The van der Waals surface area contributed by atoms with Crippen LogP contribution in [0.5, 0.6) is 0 Å². The number of halogens is 3. The Morgan fingerprint density at radius 1 is 1.22 bits per heavy atom. The summed E-state index contributed by atoms with van der Waals surface area (Å²) < 4.78 is 44.5. The minimum Gasteiger partial charge on any atom is -0.416 e. The number of nitrogens with zero attached hydrogens (tertiary/aromatic N) is 1. The minimum atomic E-state index is -4.41. The molecule has 174 valence electrons. The molecule has 5 nitrogen and oxygen atoms in total. The summed E-state index contributed by atoms with van der Waals surface area (Å²) in [6, 6.07) is 3.66. The van der Waals surface area contributed by atoms with Gasteiger partial charge in [-0.2, -0.15) is 13.2 Å². The molecular weight excluding hydrogens is 421 g/mol. The van der Waals surface area contributed by atoms with E-state index in [4.69, 9.17) is 4.74 Å². The molecule has 0 radical (unpaired) electrons. The van der Waals surface area contributed by atoms with Crippen molar-refractivity contribution >= 4 is 12.0 Å². The zero-order valence-corrected chi connectivity index (χ0v) is 18.3. The van der Waals surface area contributed by atoms with Crippen molar-refractivity contribution in [3.8, 4) is 0 Å². The summed E-state index contributed by atoms with van der Waals surface area (Å²) in [6.45, 7) is 5.85. The molecule has 1 aliphatic heterocycles. The van der Waals surface area contributed by atoms with Crippen LogP contribution in [-0.2, 0) is 28.7 Å². The lowest BCUT2D eigenvalue weighted by Crippen LogP contribution is -2.50. The Morgan fingerprint density at radius 3 is 2.59 bits per heavy atom. The summed E-state index contributed by atoms with van der Waals surface area (Å²) in [5.74, 6) is 0.566. The number of alkyl carbamates (subject to hydrolysis) is 1. The van der Waals surface area contributed by atoms with Crippen molar-refractivity contribution in [3.63, 3.8) is 0 Å². The second kappa shape index (κ2) is 8.45. The number of hydrogen-bond acceptors (Lipinski definition) is 3. The predicted octanol–water partition coefficient (Wildman–Crippen LogP) is 5.19. The SMILES string of the molecule is C=C(C)OC(=O)N[C@@H]1CC[C@@](C(=O)N2CCc3ccc(C(F)(F)F)cc3C2)(C2CCC2)C1. The van der Waals surface area contributed by atoms with Crippen LogP contribution in [0.4, 0.5) is 18.0 Å². The summed E-state index contributed by atoms with van der Waals surface area (Å²) >= 11 is 0. The molecule has 1 N–H and O–H groups in total. The topological polar surface area (TPSA) is 58.6 Å². The zero-order chi connectivity index (χ0) is 23.1. The third kappa shape index (κ3) is 4.36. The molecule has 3 aliphatic rings. The molecule has 0 bridgehead atoms. The Bertz CT molecular complexity index is 926. The molecule has 0 aromatic heterocycles. The maximum Gasteiger partial charge on any atom is 0.416 e. The van der Waals surface area contributed by atoms with Gasteiger partial charge in [0.05, 0.1) is 16.7 Å². The third-order valence-corrected chi connectivity index (χ3v) is 7.28. The fourth-order valence-corrected chi connectivity index (χ4v) is 5.48. The van der Waals surface area contributed by atoms with Gasteiger partial charge < -0.3 is 15.0 Å². The normalized spacial score (nSPS) is 25.6. The van der Waals surface area contributed by atoms with Crippen LogP contribution in [0.1, 0.15) is 62.1 Å². The second-order valence-electron chi connectivity index (χ2n) is 9.42. The maximum absolute atomic E-state index is 13.8. The molecule has 1 aromatic rings. The lowest BCUT2D eigenvalue weighted by atomic mass is 9.63. The van der Waals surface area contributed by atoms with E-state index < -0.39 is 23.2 Å². The van der Waals surface area contributed by atoms with Gasteiger partial charge in [-0.1, -0.05) is 19.1 Å². The Balaban J connectivity index is 1.51. The van der Waals surface area contributed by atoms with Gasteiger partial charge in [0.25, 0.3) is 0 Å². The second-order valence-corrected chi connectivity index (χ2v) is 9.42. The summed E-state index contributed by atoms with van der Waals surface area (Å²) in [7, 11) is 0. The molecule has 0 saturated heterocycles. The fraction of sp³-hybridized carbons (Fsp3) is 0.583. The number of fused-ring (bicyclic) bond motifs is 1. The molecule has 2 amide bonds. The van der Waals surface area contributed by atoms with E-state index in [9.17, 15) is 22.8 Å². The number of benzene rings is 1. The molecule has 32 heavy (non-hydrogen) atoms. The van der Waals surface area contributed by atoms with Crippen LogP contribution in [0.15, 0.2) is 30.5 Å². The summed E-state index contributed by atoms with van der Waals surface area (Å²) in [4.78, 5) is 27.5. The van der Waals surface area contributed by atoms with E-state index in [1.807, 2.05) is 0 Å². The van der Waals surface area contributed by atoms with Crippen LogP contribution in [-0.4, -0.2) is 29.5 Å². The van der Waals surface area contributed by atoms with Gasteiger partial charge in [0.1, 0.15) is 0 Å². The molecule has 1 aromatic carbocycles. The molecule has 0 unspecified atom stereocenters. The molecule has 8 heteroatoms. The predicted molar refractivity (Wildman–Crippen MR) is 112 cm³/mol. The highest BCUT2D eigenvalue weighted by Gasteiger charge is 2.54. The number of allylic oxidation sites excluding steroid dienone is 1. The van der Waals surface area contributed by atoms with E-state index in [0.717, 1.165) is 30.9 Å². The number of alkyl halides is 3. The summed E-state index contributed by atoms with van der Waals surface area (Å²) in [6.07, 6.45) is 0.474. The number of hydrogen-bond donors (Lipinski definition) is 1. The van der Waals surface area contributed by atoms with Crippen molar-refractivity contribution in [2.45, 2.75) is 70.6 Å². The molecule has 2 fully saturated rings. The first-order chi connectivity index (χ1) is 15.1. The van der Waals surface area contributed by atoms with Gasteiger partial charge in [0.2, 0.25) is 5.91 Å². The van der Waals surface area contributed by atoms with Crippen molar-refractivity contribution in [3.05, 3.63) is 47.2 Å². The van der Waals surface area contributed by atoms with E-state index >= 15 is 0 Å². The molecule has 2 saturated carbocycles. The van der Waals surface area contributed by atoms with Crippen LogP contribution in [0.3, 0.4) is 0 Å². The number of nitrogens with one attached hydrogen (secondary N) is 1. The Labute approximate surface area is 186 Å². The maximum atomic E-state index is 13.8. The average molecular weight is 451 g/mol. The fourth-order valence-electron chi connectivity index (χ4n) is 5.48. The van der Waals surface area contributed by atoms with Gasteiger partial charge in [0, 0.05) is 19.1 Å². The van der Waals surface area contributed by atoms with E-state index in [-0.39, 0.29) is 24.4 Å². The Kier molecular flexibility index (Phi) is 5.98. The highest BCUT2D eigenvalue weighted by Crippen LogP contribution is 2.53. The number of carbonyl (C=O) groups excluding carboxylic acids is 2. The van der Waals surface area contributed by atoms with E-state index in [1.165, 1.54) is 12.1 Å². The van der Waals surface area contributed by atoms with Crippen molar-refractivity contribution in [2.24, 2.45) is 11.3 Å². The van der Waals surface area contributed by atoms with Gasteiger partial charge in [-0.25, -0.2) is 4.79 Å². The monoisotopic (exact) mass is 450 g/mol. The van der Waals surface area contributed by atoms with Gasteiger partial charge in [-0.3, -0.25) is 4.79 Å². The van der Waals surface area contributed by atoms with Crippen molar-refractivity contribution in [1.82, 2.24) is 10.2 Å². The largest absolute Gasteiger partial charge is 0.416 e. The molecule has 4 rings (SSSR count). The molecule has 1 heterocycles. The average Bonchev–Trinajstić information content (AvgIpc) is 3.07. The summed E-state index contributed by atoms with van der Waals surface area (Å²) in [5.41, 5.74) is 0.188. The number of amides is 2. The van der Waals surface area contributed by atoms with Gasteiger partial charge in [-0.15, -0.1) is 0 Å². The highest BCUT2D eigenvalue weighted by atomic mass is 19.4. The molecule has 2 atom stereocenters. The quantitative estimate of drug-likeness (QED) is 0.643. The van der Waals surface area contributed by atoms with Gasteiger partial charge in [0.15, 0.2) is 0 Å². The van der Waals surface area contributed by atoms with Crippen molar-refractivity contribution in [1.29, 1.82) is 0 Å². The number of carbonyl (C=O) groups is 2. The summed E-state index contributed by atoms with van der Waals surface area (Å²) in [5, 5.41) is 2.85. The van der Waals surface area contributed by atoms with Crippen LogP contribution in [0, 0.1) is 11.3 Å². The van der Waals surface area contributed by atoms with Crippen molar-refractivity contribution < 1.29 is 27.5 Å². The molecule has 0 spiro atoms. The smallest absolute Gasteiger partial charge is 0.416 e. The molecular formula is C24H29F3N2O3. The standard InChI is InChI=1S/C24H29F3N2O3/c1-15(2)32-22(31)28-20-8-10-23(13-20,18-4-3-5-18)21(30)29-11-9-16-6-7-19(24(25,26)27)12-17(16)14-29/h6-7,12,18,20H,1,3-5,8-11,13-14H2,2H3,(H,28,31)/t20-,23+/m1/s1. The van der Waals surface area contributed by atoms with Gasteiger partial charge in [-0.05, 0) is 74.6 Å². The van der Waals surface area contributed by atoms with Crippen LogP contribution in [0.2, 0.25) is 0 Å². The number of ether oxygens (including phenoxy) is 1. The first-order valence-corrected chi connectivity index (χ1v) is 11.2. The van der Waals surface area contributed by atoms with Crippen LogP contribution >= 0.6 is 0 Å². The zero-order valence-electron chi connectivity index (χ0n) is 18.3. The Morgan fingerprint density at radius 2 is 1.97 bits per heavy atom. The lowest BCUT2D eigenvalue weighted by molar-refractivity contribution is -0.149. The Hall–Kier alpha value is -2.51. The first-order valence-electron chi connectivity index (χ1n) is 11.2. The van der Waals surface area contributed by atoms with Crippen molar-refractivity contribution in [2.75, 3.05) is 6.54 Å². The molecule has 2 aliphatic carbocycles. The van der Waals surface area contributed by atoms with E-state index in [2.05, 4.69) is 11.9 Å². The number of rotatable bonds is 4. The van der Waals surface area contributed by atoms with Gasteiger partial charge >= 0.3 is 12.3 Å². The van der Waals surface area contributed by atoms with E-state index in [1.54, 1.807) is 11.8 Å². The minimum absolute atomic E-state index is 0.0165. The lowest BCUT2D eigenvalue weighted by Gasteiger charge is -2.45. The highest BCUT2D eigenvalue weighted by molar-refractivity contribution is 5.84. The van der Waals surface area contributed by atoms with Crippen LogP contribution in [0.25, 0.3) is 0 Å². The third-order valence-electron chi connectivity index (χ3n) is 7.28. The first kappa shape index (κ1) is 22.7. The van der Waals surface area contributed by atoms with E-state index in [0.29, 0.717) is 43.6 Å².